The zero-order valence-corrected chi connectivity index (χ0v) is 14.0. The van der Waals surface area contributed by atoms with Gasteiger partial charge in [0.1, 0.15) is 5.69 Å². The summed E-state index contributed by atoms with van der Waals surface area (Å²) in [5.74, 6) is -0.0588. The molecule has 0 bridgehead atoms. The third-order valence-corrected chi connectivity index (χ3v) is 4.24. The van der Waals surface area contributed by atoms with Crippen LogP contribution in [0.3, 0.4) is 0 Å². The minimum Gasteiger partial charge on any atom is -0.289 e. The average Bonchev–Trinajstić information content (AvgIpc) is 2.74. The van der Waals surface area contributed by atoms with E-state index < -0.39 is 0 Å². The van der Waals surface area contributed by atoms with Crippen LogP contribution in [0, 0.1) is 0 Å². The minimum atomic E-state index is -0.0588. The highest BCUT2D eigenvalue weighted by Gasteiger charge is 2.20. The topological polar surface area (TPSA) is 42.9 Å². The molecule has 0 spiro atoms. The largest absolute Gasteiger partial charge is 0.289 e. The van der Waals surface area contributed by atoms with E-state index in [0.29, 0.717) is 16.8 Å². The van der Waals surface area contributed by atoms with E-state index in [4.69, 9.17) is 0 Å². The van der Waals surface area contributed by atoms with Gasteiger partial charge in [0.15, 0.2) is 5.78 Å². The highest BCUT2D eigenvalue weighted by Crippen LogP contribution is 2.33. The summed E-state index contributed by atoms with van der Waals surface area (Å²) in [4.78, 5) is 13.2. The van der Waals surface area contributed by atoms with Gasteiger partial charge in [-0.1, -0.05) is 91.0 Å². The van der Waals surface area contributed by atoms with Crippen molar-refractivity contribution in [2.45, 2.75) is 0 Å². The number of carbonyl (C=O) groups excluding carboxylic acids is 1. The second-order valence-electron chi connectivity index (χ2n) is 5.91. The van der Waals surface area contributed by atoms with Crippen LogP contribution in [0.5, 0.6) is 0 Å². The Balaban J connectivity index is 1.97. The minimum absolute atomic E-state index is 0.0588. The van der Waals surface area contributed by atoms with E-state index in [0.717, 1.165) is 16.7 Å². The van der Waals surface area contributed by atoms with E-state index in [1.165, 1.54) is 0 Å². The summed E-state index contributed by atoms with van der Waals surface area (Å²) in [6.45, 7) is 0. The number of ketones is 1. The second-order valence-corrected chi connectivity index (χ2v) is 5.91. The predicted octanol–water partition coefficient (Wildman–Crippen LogP) is 5.04. The summed E-state index contributed by atoms with van der Waals surface area (Å²) in [7, 11) is 0. The lowest BCUT2D eigenvalue weighted by molar-refractivity contribution is 0.103. The predicted molar refractivity (Wildman–Crippen MR) is 103 cm³/mol. The molecule has 0 saturated heterocycles. The van der Waals surface area contributed by atoms with E-state index in [-0.39, 0.29) is 5.78 Å². The zero-order valence-electron chi connectivity index (χ0n) is 14.0. The Bertz CT molecular complexity index is 1030. The molecule has 3 nitrogen and oxygen atoms in total. The Morgan fingerprint density at radius 3 is 1.81 bits per heavy atom. The van der Waals surface area contributed by atoms with Gasteiger partial charge in [-0.3, -0.25) is 4.79 Å². The van der Waals surface area contributed by atoms with E-state index in [1.807, 2.05) is 91.0 Å². The number of aromatic nitrogens is 2. The number of benzene rings is 3. The molecule has 26 heavy (non-hydrogen) atoms. The molecule has 3 aromatic carbocycles. The molecule has 4 rings (SSSR count). The first-order valence-corrected chi connectivity index (χ1v) is 8.41. The monoisotopic (exact) mass is 336 g/mol. The molecular formula is C23H16N2O. The third-order valence-electron chi connectivity index (χ3n) is 4.24. The molecule has 3 heteroatoms. The van der Waals surface area contributed by atoms with Crippen LogP contribution in [0.2, 0.25) is 0 Å². The first-order valence-electron chi connectivity index (χ1n) is 8.41. The quantitative estimate of drug-likeness (QED) is 0.490. The molecule has 0 aliphatic heterocycles. The SMILES string of the molecule is O=C(c1ccccc1)c1cnnc(-c2ccccc2)c1-c1ccccc1. The Labute approximate surface area is 152 Å². The van der Waals surface area contributed by atoms with Crippen LogP contribution >= 0.6 is 0 Å². The number of hydrogen-bond acceptors (Lipinski definition) is 3. The Morgan fingerprint density at radius 1 is 0.654 bits per heavy atom. The van der Waals surface area contributed by atoms with Crippen LogP contribution in [0.1, 0.15) is 15.9 Å². The highest BCUT2D eigenvalue weighted by molar-refractivity contribution is 6.14. The second kappa shape index (κ2) is 7.11. The van der Waals surface area contributed by atoms with Crippen molar-refractivity contribution in [3.63, 3.8) is 0 Å². The van der Waals surface area contributed by atoms with Crippen LogP contribution in [0.4, 0.5) is 0 Å². The molecule has 0 aliphatic rings. The molecule has 0 aliphatic carbocycles. The molecule has 0 unspecified atom stereocenters. The average molecular weight is 336 g/mol. The summed E-state index contributed by atoms with van der Waals surface area (Å²) in [5, 5.41) is 8.48. The third kappa shape index (κ3) is 3.03. The van der Waals surface area contributed by atoms with Gasteiger partial charge >= 0.3 is 0 Å². The van der Waals surface area contributed by atoms with Crippen LogP contribution in [0.25, 0.3) is 22.4 Å². The summed E-state index contributed by atoms with van der Waals surface area (Å²) >= 11 is 0. The van der Waals surface area contributed by atoms with Gasteiger partial charge in [-0.05, 0) is 5.56 Å². The number of hydrogen-bond donors (Lipinski definition) is 0. The van der Waals surface area contributed by atoms with Crippen molar-refractivity contribution < 1.29 is 4.79 Å². The normalized spacial score (nSPS) is 10.5. The van der Waals surface area contributed by atoms with Crippen molar-refractivity contribution in [2.24, 2.45) is 0 Å². The molecule has 0 atom stereocenters. The lowest BCUT2D eigenvalue weighted by Crippen LogP contribution is -2.07. The van der Waals surface area contributed by atoms with E-state index in [1.54, 1.807) is 6.20 Å². The molecule has 1 heterocycles. The maximum Gasteiger partial charge on any atom is 0.195 e. The maximum atomic E-state index is 13.2. The maximum absolute atomic E-state index is 13.2. The smallest absolute Gasteiger partial charge is 0.195 e. The highest BCUT2D eigenvalue weighted by atomic mass is 16.1. The Morgan fingerprint density at radius 2 is 1.19 bits per heavy atom. The fourth-order valence-electron chi connectivity index (χ4n) is 3.00. The summed E-state index contributed by atoms with van der Waals surface area (Å²) in [5.41, 5.74) is 4.58. The van der Waals surface area contributed by atoms with Crippen LogP contribution in [-0.2, 0) is 0 Å². The van der Waals surface area contributed by atoms with Crippen molar-refractivity contribution in [2.75, 3.05) is 0 Å². The molecular weight excluding hydrogens is 320 g/mol. The first-order chi connectivity index (χ1) is 12.8. The van der Waals surface area contributed by atoms with Crippen molar-refractivity contribution in [1.82, 2.24) is 10.2 Å². The van der Waals surface area contributed by atoms with Gasteiger partial charge in [-0.15, -0.1) is 5.10 Å². The van der Waals surface area contributed by atoms with Crippen molar-refractivity contribution in [3.05, 3.63) is 108 Å². The summed E-state index contributed by atoms with van der Waals surface area (Å²) in [6.07, 6.45) is 1.56. The lowest BCUT2D eigenvalue weighted by atomic mass is 9.92. The van der Waals surface area contributed by atoms with Crippen molar-refractivity contribution in [3.8, 4) is 22.4 Å². The summed E-state index contributed by atoms with van der Waals surface area (Å²) < 4.78 is 0. The van der Waals surface area contributed by atoms with Gasteiger partial charge in [-0.2, -0.15) is 5.10 Å². The zero-order chi connectivity index (χ0) is 17.8. The molecule has 0 radical (unpaired) electrons. The van der Waals surface area contributed by atoms with Gasteiger partial charge in [0.2, 0.25) is 0 Å². The van der Waals surface area contributed by atoms with E-state index in [2.05, 4.69) is 10.2 Å². The van der Waals surface area contributed by atoms with Crippen LogP contribution < -0.4 is 0 Å². The molecule has 124 valence electrons. The number of carbonyl (C=O) groups is 1. The fraction of sp³-hybridized carbons (Fsp3) is 0. The van der Waals surface area contributed by atoms with Gasteiger partial charge in [0.05, 0.1) is 11.8 Å². The lowest BCUT2D eigenvalue weighted by Gasteiger charge is -2.13. The number of nitrogens with zero attached hydrogens (tertiary/aromatic N) is 2. The van der Waals surface area contributed by atoms with Crippen molar-refractivity contribution in [1.29, 1.82) is 0 Å². The molecule has 4 aromatic rings. The molecule has 0 N–H and O–H groups in total. The van der Waals surface area contributed by atoms with Crippen molar-refractivity contribution >= 4 is 5.78 Å². The molecule has 0 amide bonds. The molecule has 1 aromatic heterocycles. The fourth-order valence-corrected chi connectivity index (χ4v) is 3.00. The molecule has 0 fully saturated rings. The Hall–Kier alpha value is -3.59. The van der Waals surface area contributed by atoms with Gasteiger partial charge in [0.25, 0.3) is 0 Å². The standard InChI is InChI=1S/C23H16N2O/c26-23(19-14-8-3-9-15-19)20-16-24-25-22(18-12-6-2-7-13-18)21(20)17-10-4-1-5-11-17/h1-16H. The number of rotatable bonds is 4. The van der Waals surface area contributed by atoms with E-state index >= 15 is 0 Å². The van der Waals surface area contributed by atoms with E-state index in [9.17, 15) is 4.79 Å². The Kier molecular flexibility index (Phi) is 4.35. The van der Waals surface area contributed by atoms with Gasteiger partial charge in [-0.25, -0.2) is 0 Å². The summed E-state index contributed by atoms with van der Waals surface area (Å²) in [6, 6.07) is 28.9. The molecule has 0 saturated carbocycles. The van der Waals surface area contributed by atoms with Gasteiger partial charge < -0.3 is 0 Å². The van der Waals surface area contributed by atoms with Crippen LogP contribution in [-0.4, -0.2) is 16.0 Å². The van der Waals surface area contributed by atoms with Gasteiger partial charge in [0, 0.05) is 16.7 Å². The van der Waals surface area contributed by atoms with Crippen LogP contribution in [0.15, 0.2) is 97.2 Å². The first kappa shape index (κ1) is 15.9.